The van der Waals surface area contributed by atoms with Crippen molar-refractivity contribution in [1.82, 2.24) is 10.2 Å². The molecule has 2 atom stereocenters. The molecule has 118 valence electrons. The topological polar surface area (TPSA) is 24.5 Å². The Kier molecular flexibility index (Phi) is 6.22. The molecule has 1 aromatic rings. The van der Waals surface area contributed by atoms with Crippen LogP contribution < -0.4 is 5.32 Å². The predicted octanol–water partition coefficient (Wildman–Crippen LogP) is 3.06. The lowest BCUT2D eigenvalue weighted by Gasteiger charge is -2.35. The van der Waals surface area contributed by atoms with Crippen LogP contribution in [0.25, 0.3) is 0 Å². The van der Waals surface area contributed by atoms with E-state index in [1.807, 2.05) is 7.11 Å². The van der Waals surface area contributed by atoms with E-state index in [1.165, 1.54) is 36.1 Å². The van der Waals surface area contributed by atoms with Crippen LogP contribution >= 0.6 is 0 Å². The number of rotatable bonds is 6. The van der Waals surface area contributed by atoms with E-state index in [0.29, 0.717) is 12.1 Å². The standard InChI is InChI=1S/C18H30N2O/c1-5-19-18(17-11-14(2)8-9-15(17)3)13-20-10-6-7-16(12-20)21-4/h8-9,11,16,18-19H,5-7,10,12-13H2,1-4H3. The predicted molar refractivity (Wildman–Crippen MR) is 88.8 cm³/mol. The summed E-state index contributed by atoms with van der Waals surface area (Å²) in [5.74, 6) is 0. The molecular weight excluding hydrogens is 260 g/mol. The molecule has 1 heterocycles. The minimum atomic E-state index is 0.402. The number of benzene rings is 1. The lowest BCUT2D eigenvalue weighted by Crippen LogP contribution is -2.43. The second kappa shape index (κ2) is 7.92. The average molecular weight is 290 g/mol. The molecule has 0 saturated carbocycles. The van der Waals surface area contributed by atoms with Gasteiger partial charge in [-0.15, -0.1) is 0 Å². The maximum atomic E-state index is 5.55. The first-order valence-electron chi connectivity index (χ1n) is 8.19. The highest BCUT2D eigenvalue weighted by atomic mass is 16.5. The Morgan fingerprint density at radius 2 is 2.19 bits per heavy atom. The molecular formula is C18H30N2O. The zero-order valence-corrected chi connectivity index (χ0v) is 14.0. The molecule has 1 N–H and O–H groups in total. The number of nitrogens with zero attached hydrogens (tertiary/aromatic N) is 1. The van der Waals surface area contributed by atoms with Crippen molar-refractivity contribution in [3.05, 3.63) is 34.9 Å². The van der Waals surface area contributed by atoms with Crippen LogP contribution in [0.2, 0.25) is 0 Å². The fourth-order valence-electron chi connectivity index (χ4n) is 3.28. The van der Waals surface area contributed by atoms with Gasteiger partial charge in [0.05, 0.1) is 6.10 Å². The average Bonchev–Trinajstić information content (AvgIpc) is 2.49. The Balaban J connectivity index is 2.09. The zero-order chi connectivity index (χ0) is 15.2. The van der Waals surface area contributed by atoms with Gasteiger partial charge in [0, 0.05) is 26.2 Å². The van der Waals surface area contributed by atoms with Crippen molar-refractivity contribution in [2.24, 2.45) is 0 Å². The highest BCUT2D eigenvalue weighted by Gasteiger charge is 2.23. The largest absolute Gasteiger partial charge is 0.380 e. The summed E-state index contributed by atoms with van der Waals surface area (Å²) in [5.41, 5.74) is 4.16. The summed E-state index contributed by atoms with van der Waals surface area (Å²) in [7, 11) is 1.83. The van der Waals surface area contributed by atoms with Crippen LogP contribution in [0.1, 0.15) is 42.5 Å². The molecule has 1 aliphatic rings. The third-order valence-corrected chi connectivity index (χ3v) is 4.50. The van der Waals surface area contributed by atoms with Crippen LogP contribution in [0.15, 0.2) is 18.2 Å². The van der Waals surface area contributed by atoms with E-state index >= 15 is 0 Å². The molecule has 0 radical (unpaired) electrons. The zero-order valence-electron chi connectivity index (χ0n) is 14.0. The quantitative estimate of drug-likeness (QED) is 0.871. The van der Waals surface area contributed by atoms with Gasteiger partial charge < -0.3 is 10.1 Å². The molecule has 0 aromatic heterocycles. The van der Waals surface area contributed by atoms with Crippen molar-refractivity contribution in [3.63, 3.8) is 0 Å². The fourth-order valence-corrected chi connectivity index (χ4v) is 3.28. The van der Waals surface area contributed by atoms with Gasteiger partial charge >= 0.3 is 0 Å². The summed E-state index contributed by atoms with van der Waals surface area (Å²) in [6, 6.07) is 7.18. The number of aryl methyl sites for hydroxylation is 2. The summed E-state index contributed by atoms with van der Waals surface area (Å²) in [6.45, 7) is 10.9. The number of hydrogen-bond donors (Lipinski definition) is 1. The number of likely N-dealkylation sites (N-methyl/N-ethyl adjacent to an activating group) is 1. The first kappa shape index (κ1) is 16.5. The highest BCUT2D eigenvalue weighted by molar-refractivity contribution is 5.33. The van der Waals surface area contributed by atoms with Crippen LogP contribution in [0.5, 0.6) is 0 Å². The first-order valence-corrected chi connectivity index (χ1v) is 8.19. The van der Waals surface area contributed by atoms with Gasteiger partial charge in [-0.1, -0.05) is 30.7 Å². The van der Waals surface area contributed by atoms with Crippen molar-refractivity contribution in [1.29, 1.82) is 0 Å². The minimum absolute atomic E-state index is 0.402. The molecule has 0 spiro atoms. The van der Waals surface area contributed by atoms with Gasteiger partial charge in [-0.25, -0.2) is 0 Å². The summed E-state index contributed by atoms with van der Waals surface area (Å²) in [6.07, 6.45) is 2.84. The number of ether oxygens (including phenoxy) is 1. The number of nitrogens with one attached hydrogen (secondary N) is 1. The summed E-state index contributed by atoms with van der Waals surface area (Å²) in [4.78, 5) is 2.55. The van der Waals surface area contributed by atoms with Gasteiger partial charge in [-0.3, -0.25) is 4.90 Å². The monoisotopic (exact) mass is 290 g/mol. The summed E-state index contributed by atoms with van der Waals surface area (Å²) in [5, 5.41) is 3.66. The smallest absolute Gasteiger partial charge is 0.0698 e. The molecule has 0 bridgehead atoms. The second-order valence-corrected chi connectivity index (χ2v) is 6.23. The van der Waals surface area contributed by atoms with Crippen molar-refractivity contribution in [2.75, 3.05) is 33.3 Å². The van der Waals surface area contributed by atoms with Crippen LogP contribution in [-0.4, -0.2) is 44.3 Å². The van der Waals surface area contributed by atoms with E-state index in [1.54, 1.807) is 0 Å². The molecule has 3 nitrogen and oxygen atoms in total. The molecule has 1 saturated heterocycles. The van der Waals surface area contributed by atoms with E-state index in [2.05, 4.69) is 49.2 Å². The fraction of sp³-hybridized carbons (Fsp3) is 0.667. The van der Waals surface area contributed by atoms with E-state index < -0.39 is 0 Å². The van der Waals surface area contributed by atoms with Gasteiger partial charge in [0.2, 0.25) is 0 Å². The van der Waals surface area contributed by atoms with Gasteiger partial charge in [0.1, 0.15) is 0 Å². The van der Waals surface area contributed by atoms with Crippen molar-refractivity contribution in [2.45, 2.75) is 45.8 Å². The first-order chi connectivity index (χ1) is 10.1. The molecule has 21 heavy (non-hydrogen) atoms. The number of likely N-dealkylation sites (tertiary alicyclic amines) is 1. The second-order valence-electron chi connectivity index (χ2n) is 6.23. The lowest BCUT2D eigenvalue weighted by molar-refractivity contribution is 0.0281. The van der Waals surface area contributed by atoms with Crippen LogP contribution in [-0.2, 0) is 4.74 Å². The molecule has 0 amide bonds. The number of methoxy groups -OCH3 is 1. The Morgan fingerprint density at radius 1 is 1.38 bits per heavy atom. The van der Waals surface area contributed by atoms with E-state index in [9.17, 15) is 0 Å². The maximum Gasteiger partial charge on any atom is 0.0698 e. The Morgan fingerprint density at radius 3 is 2.90 bits per heavy atom. The van der Waals surface area contributed by atoms with Gasteiger partial charge in [-0.2, -0.15) is 0 Å². The van der Waals surface area contributed by atoms with Crippen LogP contribution in [0.4, 0.5) is 0 Å². The van der Waals surface area contributed by atoms with Crippen LogP contribution in [0.3, 0.4) is 0 Å². The SMILES string of the molecule is CCNC(CN1CCCC(OC)C1)c1cc(C)ccc1C. The third kappa shape index (κ3) is 4.53. The highest BCUT2D eigenvalue weighted by Crippen LogP contribution is 2.22. The van der Waals surface area contributed by atoms with E-state index in [0.717, 1.165) is 19.6 Å². The molecule has 1 aromatic carbocycles. The Labute approximate surface area is 129 Å². The van der Waals surface area contributed by atoms with Gasteiger partial charge in [-0.05, 0) is 50.9 Å². The summed E-state index contributed by atoms with van der Waals surface area (Å²) < 4.78 is 5.55. The molecule has 3 heteroatoms. The van der Waals surface area contributed by atoms with E-state index in [4.69, 9.17) is 4.74 Å². The van der Waals surface area contributed by atoms with Crippen molar-refractivity contribution in [3.8, 4) is 0 Å². The molecule has 1 aliphatic heterocycles. The molecule has 2 rings (SSSR count). The van der Waals surface area contributed by atoms with Crippen LogP contribution in [0, 0.1) is 13.8 Å². The summed E-state index contributed by atoms with van der Waals surface area (Å²) >= 11 is 0. The molecule has 1 fully saturated rings. The number of hydrogen-bond acceptors (Lipinski definition) is 3. The Hall–Kier alpha value is -0.900. The maximum absolute atomic E-state index is 5.55. The van der Waals surface area contributed by atoms with Crippen molar-refractivity contribution < 1.29 is 4.74 Å². The van der Waals surface area contributed by atoms with Gasteiger partial charge in [0.25, 0.3) is 0 Å². The normalized spacial score (nSPS) is 21.4. The van der Waals surface area contributed by atoms with Crippen molar-refractivity contribution >= 4 is 0 Å². The minimum Gasteiger partial charge on any atom is -0.380 e. The molecule has 2 unspecified atom stereocenters. The molecule has 0 aliphatic carbocycles. The van der Waals surface area contributed by atoms with Gasteiger partial charge in [0.15, 0.2) is 0 Å². The Bertz CT molecular complexity index is 447. The number of piperidine rings is 1. The van der Waals surface area contributed by atoms with E-state index in [-0.39, 0.29) is 0 Å². The lowest BCUT2D eigenvalue weighted by atomic mass is 9.97. The third-order valence-electron chi connectivity index (χ3n) is 4.50.